The van der Waals surface area contributed by atoms with E-state index < -0.39 is 0 Å². The fraction of sp³-hybridized carbons (Fsp3) is 0.444. The molecule has 0 unspecified atom stereocenters. The van der Waals surface area contributed by atoms with Crippen molar-refractivity contribution in [3.8, 4) is 0 Å². The summed E-state index contributed by atoms with van der Waals surface area (Å²) in [5.41, 5.74) is 2.59. The van der Waals surface area contributed by atoms with E-state index >= 15 is 0 Å². The lowest BCUT2D eigenvalue weighted by Crippen LogP contribution is -2.04. The zero-order valence-corrected chi connectivity index (χ0v) is 7.95. The standard InChI is InChI=1S/C9H12N2S/c1-7-11-9(6-12-7)4-8-2-3-10-5-8/h4,6,10H,2-3,5H2,1H3/b8-4-. The molecule has 64 valence electrons. The smallest absolute Gasteiger partial charge is 0.0901 e. The summed E-state index contributed by atoms with van der Waals surface area (Å²) < 4.78 is 0. The van der Waals surface area contributed by atoms with Crippen LogP contribution in [-0.4, -0.2) is 18.1 Å². The van der Waals surface area contributed by atoms with Crippen LogP contribution in [0.4, 0.5) is 0 Å². The number of aryl methyl sites for hydroxylation is 1. The summed E-state index contributed by atoms with van der Waals surface area (Å²) in [5.74, 6) is 0. The van der Waals surface area contributed by atoms with Gasteiger partial charge in [0.15, 0.2) is 0 Å². The second kappa shape index (κ2) is 3.37. The maximum atomic E-state index is 4.39. The number of thiazole rings is 1. The van der Waals surface area contributed by atoms with E-state index in [2.05, 4.69) is 21.8 Å². The Labute approximate surface area is 76.3 Å². The largest absolute Gasteiger partial charge is 0.313 e. The first kappa shape index (κ1) is 7.95. The Kier molecular flexibility index (Phi) is 2.23. The van der Waals surface area contributed by atoms with Crippen LogP contribution in [0.1, 0.15) is 17.1 Å². The average Bonchev–Trinajstić information content (AvgIpc) is 2.63. The Bertz CT molecular complexity index is 293. The van der Waals surface area contributed by atoms with Gasteiger partial charge < -0.3 is 5.32 Å². The molecule has 0 bridgehead atoms. The summed E-state index contributed by atoms with van der Waals surface area (Å²) in [5, 5.41) is 6.56. The van der Waals surface area contributed by atoms with Crippen LogP contribution in [0.5, 0.6) is 0 Å². The number of aromatic nitrogens is 1. The molecule has 2 nitrogen and oxygen atoms in total. The van der Waals surface area contributed by atoms with Crippen molar-refractivity contribution in [3.63, 3.8) is 0 Å². The Hall–Kier alpha value is -0.670. The maximum absolute atomic E-state index is 4.39. The van der Waals surface area contributed by atoms with E-state index in [1.165, 1.54) is 12.0 Å². The molecule has 0 saturated carbocycles. The molecule has 12 heavy (non-hydrogen) atoms. The normalized spacial score (nSPS) is 20.6. The number of nitrogens with one attached hydrogen (secondary N) is 1. The van der Waals surface area contributed by atoms with E-state index in [0.29, 0.717) is 0 Å². The van der Waals surface area contributed by atoms with E-state index in [9.17, 15) is 0 Å². The molecular weight excluding hydrogens is 168 g/mol. The molecular formula is C9H12N2S. The maximum Gasteiger partial charge on any atom is 0.0901 e. The van der Waals surface area contributed by atoms with Crippen LogP contribution >= 0.6 is 11.3 Å². The summed E-state index contributed by atoms with van der Waals surface area (Å²) in [4.78, 5) is 4.39. The minimum Gasteiger partial charge on any atom is -0.313 e. The van der Waals surface area contributed by atoms with Crippen molar-refractivity contribution in [1.82, 2.24) is 10.3 Å². The van der Waals surface area contributed by atoms with Crippen molar-refractivity contribution in [2.24, 2.45) is 0 Å². The van der Waals surface area contributed by atoms with Crippen molar-refractivity contribution in [1.29, 1.82) is 0 Å². The SMILES string of the molecule is Cc1nc(/C=C2/CCNC2)cs1. The number of hydrogen-bond donors (Lipinski definition) is 1. The molecule has 1 N–H and O–H groups in total. The lowest BCUT2D eigenvalue weighted by Gasteiger charge is -1.90. The monoisotopic (exact) mass is 180 g/mol. The third-order valence-corrected chi connectivity index (χ3v) is 2.76. The summed E-state index contributed by atoms with van der Waals surface area (Å²) in [6, 6.07) is 0. The van der Waals surface area contributed by atoms with Crippen LogP contribution in [0.25, 0.3) is 6.08 Å². The quantitative estimate of drug-likeness (QED) is 0.713. The first-order valence-electron chi connectivity index (χ1n) is 4.17. The van der Waals surface area contributed by atoms with Gasteiger partial charge in [-0.25, -0.2) is 4.98 Å². The van der Waals surface area contributed by atoms with E-state index in [1.54, 1.807) is 11.3 Å². The molecule has 2 rings (SSSR count). The summed E-state index contributed by atoms with van der Waals surface area (Å²) >= 11 is 1.71. The molecule has 0 aliphatic carbocycles. The molecule has 2 heterocycles. The predicted octanol–water partition coefficient (Wildman–Crippen LogP) is 1.83. The zero-order valence-electron chi connectivity index (χ0n) is 7.13. The molecule has 0 radical (unpaired) electrons. The molecule has 0 amide bonds. The second-order valence-corrected chi connectivity index (χ2v) is 4.08. The molecule has 1 aliphatic rings. The highest BCUT2D eigenvalue weighted by atomic mass is 32.1. The third-order valence-electron chi connectivity index (χ3n) is 1.96. The highest BCUT2D eigenvalue weighted by Crippen LogP contribution is 2.14. The molecule has 0 atom stereocenters. The lowest BCUT2D eigenvalue weighted by molar-refractivity contribution is 0.862. The highest BCUT2D eigenvalue weighted by Gasteiger charge is 2.05. The van der Waals surface area contributed by atoms with Gasteiger partial charge in [-0.3, -0.25) is 0 Å². The summed E-state index contributed by atoms with van der Waals surface area (Å²) in [7, 11) is 0. The summed E-state index contributed by atoms with van der Waals surface area (Å²) in [6.45, 7) is 4.20. The first-order chi connectivity index (χ1) is 5.84. The van der Waals surface area contributed by atoms with Crippen molar-refractivity contribution < 1.29 is 0 Å². The van der Waals surface area contributed by atoms with Gasteiger partial charge in [-0.2, -0.15) is 0 Å². The van der Waals surface area contributed by atoms with E-state index in [0.717, 1.165) is 23.8 Å². The third kappa shape index (κ3) is 1.73. The van der Waals surface area contributed by atoms with E-state index in [-0.39, 0.29) is 0 Å². The number of nitrogens with zero attached hydrogens (tertiary/aromatic N) is 1. The molecule has 1 aromatic rings. The van der Waals surface area contributed by atoms with Gasteiger partial charge in [0.1, 0.15) is 0 Å². The van der Waals surface area contributed by atoms with Gasteiger partial charge in [0.2, 0.25) is 0 Å². The van der Waals surface area contributed by atoms with Crippen LogP contribution in [0.3, 0.4) is 0 Å². The fourth-order valence-corrected chi connectivity index (χ4v) is 1.94. The van der Waals surface area contributed by atoms with Crippen LogP contribution in [0.2, 0.25) is 0 Å². The van der Waals surface area contributed by atoms with Gasteiger partial charge in [-0.05, 0) is 26.0 Å². The van der Waals surface area contributed by atoms with Gasteiger partial charge in [0, 0.05) is 11.9 Å². The Morgan fingerprint density at radius 2 is 2.58 bits per heavy atom. The van der Waals surface area contributed by atoms with Crippen LogP contribution in [0, 0.1) is 6.92 Å². The Balaban J connectivity index is 2.15. The highest BCUT2D eigenvalue weighted by molar-refractivity contribution is 7.09. The fourth-order valence-electron chi connectivity index (χ4n) is 1.37. The minimum atomic E-state index is 1.04. The molecule has 3 heteroatoms. The second-order valence-electron chi connectivity index (χ2n) is 3.02. The zero-order chi connectivity index (χ0) is 8.39. The number of rotatable bonds is 1. The molecule has 0 spiro atoms. The molecule has 1 saturated heterocycles. The minimum absolute atomic E-state index is 1.04. The van der Waals surface area contributed by atoms with Crippen LogP contribution < -0.4 is 5.32 Å². The Morgan fingerprint density at radius 3 is 3.17 bits per heavy atom. The molecule has 1 aromatic heterocycles. The van der Waals surface area contributed by atoms with Crippen molar-refractivity contribution in [2.45, 2.75) is 13.3 Å². The molecule has 1 aliphatic heterocycles. The van der Waals surface area contributed by atoms with Gasteiger partial charge in [0.25, 0.3) is 0 Å². The molecule has 1 fully saturated rings. The van der Waals surface area contributed by atoms with Crippen molar-refractivity contribution >= 4 is 17.4 Å². The van der Waals surface area contributed by atoms with Gasteiger partial charge in [0.05, 0.1) is 10.7 Å². The van der Waals surface area contributed by atoms with Gasteiger partial charge in [-0.1, -0.05) is 5.57 Å². The van der Waals surface area contributed by atoms with Crippen molar-refractivity contribution in [2.75, 3.05) is 13.1 Å². The Morgan fingerprint density at radius 1 is 1.67 bits per heavy atom. The van der Waals surface area contributed by atoms with Crippen LogP contribution in [0.15, 0.2) is 11.0 Å². The average molecular weight is 180 g/mol. The predicted molar refractivity (Wildman–Crippen MR) is 52.3 cm³/mol. The first-order valence-corrected chi connectivity index (χ1v) is 5.05. The van der Waals surface area contributed by atoms with E-state index in [1.807, 2.05) is 6.92 Å². The topological polar surface area (TPSA) is 24.9 Å². The van der Waals surface area contributed by atoms with Crippen molar-refractivity contribution in [3.05, 3.63) is 21.7 Å². The molecule has 0 aromatic carbocycles. The lowest BCUT2D eigenvalue weighted by atomic mass is 10.2. The van der Waals surface area contributed by atoms with Gasteiger partial charge >= 0.3 is 0 Å². The number of hydrogen-bond acceptors (Lipinski definition) is 3. The van der Waals surface area contributed by atoms with Crippen LogP contribution in [-0.2, 0) is 0 Å². The van der Waals surface area contributed by atoms with Gasteiger partial charge in [-0.15, -0.1) is 11.3 Å². The van der Waals surface area contributed by atoms with E-state index in [4.69, 9.17) is 0 Å². The summed E-state index contributed by atoms with van der Waals surface area (Å²) in [6.07, 6.45) is 3.38.